The summed E-state index contributed by atoms with van der Waals surface area (Å²) in [6, 6.07) is 14.1. The summed E-state index contributed by atoms with van der Waals surface area (Å²) in [6.07, 6.45) is 0. The van der Waals surface area contributed by atoms with Gasteiger partial charge in [-0.1, -0.05) is 60.1 Å². The number of amides is 2. The van der Waals surface area contributed by atoms with Gasteiger partial charge in [0.05, 0.1) is 10.7 Å². The van der Waals surface area contributed by atoms with E-state index in [0.29, 0.717) is 33.1 Å². The van der Waals surface area contributed by atoms with Crippen molar-refractivity contribution in [2.45, 2.75) is 12.2 Å². The molecule has 0 aromatic heterocycles. The van der Waals surface area contributed by atoms with Crippen molar-refractivity contribution in [1.29, 1.82) is 0 Å². The topological polar surface area (TPSA) is 44.7 Å². The fourth-order valence-electron chi connectivity index (χ4n) is 2.28. The van der Waals surface area contributed by atoms with E-state index in [-0.39, 0.29) is 11.3 Å². The zero-order valence-corrected chi connectivity index (χ0v) is 15.2. The summed E-state index contributed by atoms with van der Waals surface area (Å²) in [5.74, 6) is 0. The maximum Gasteiger partial charge on any atom is 0.327 e. The predicted molar refractivity (Wildman–Crippen MR) is 103 cm³/mol. The number of rotatable bonds is 2. The fourth-order valence-corrected chi connectivity index (χ4v) is 3.66. The van der Waals surface area contributed by atoms with E-state index in [2.05, 4.69) is 17.2 Å². The van der Waals surface area contributed by atoms with Gasteiger partial charge >= 0.3 is 6.03 Å². The number of thioether (sulfide) groups is 1. The molecule has 1 fully saturated rings. The molecule has 0 bridgehead atoms. The van der Waals surface area contributed by atoms with Crippen LogP contribution in [0.3, 0.4) is 0 Å². The third-order valence-electron chi connectivity index (χ3n) is 3.37. The van der Waals surface area contributed by atoms with Gasteiger partial charge in [-0.3, -0.25) is 4.90 Å². The minimum absolute atomic E-state index is 0.236. The molecule has 0 unspecified atom stereocenters. The van der Waals surface area contributed by atoms with E-state index in [1.807, 2.05) is 18.2 Å². The molecular weight excluding hydrogens is 365 g/mol. The van der Waals surface area contributed by atoms with Crippen LogP contribution >= 0.6 is 35.0 Å². The van der Waals surface area contributed by atoms with E-state index in [0.717, 1.165) is 0 Å². The predicted octanol–water partition coefficient (Wildman–Crippen LogP) is 5.65. The molecule has 3 rings (SSSR count). The molecule has 0 saturated carbocycles. The van der Waals surface area contributed by atoms with Crippen LogP contribution < -0.4 is 5.32 Å². The monoisotopic (exact) mass is 379 g/mol. The number of aliphatic imine (C=N–C) groups is 1. The normalized spacial score (nSPS) is 18.9. The lowest BCUT2D eigenvalue weighted by molar-refractivity contribution is 0.235. The molecule has 124 valence electrons. The molecule has 1 aliphatic heterocycles. The fraction of sp³-hybridized carbons (Fsp3) is 0.176. The summed E-state index contributed by atoms with van der Waals surface area (Å²) < 4.78 is 0. The molecular formula is C17H15Cl2N3OS. The van der Waals surface area contributed by atoms with Crippen LogP contribution in [0.4, 0.5) is 16.2 Å². The standard InChI is InChI=1S/C17H15Cl2N3OS/c1-11-10-22(16(23)20-13-6-4-5-12(18)9-13)17(24-11)21-15-8-3-2-7-14(15)19/h2-9,11H,10H2,1H3,(H,20,23)/t11-/m1/s1. The number of hydrogen-bond acceptors (Lipinski definition) is 3. The number of nitrogens with zero attached hydrogens (tertiary/aromatic N) is 2. The SMILES string of the molecule is C[C@@H]1CN(C(=O)Nc2cccc(Cl)c2)C(=Nc2ccccc2Cl)S1. The van der Waals surface area contributed by atoms with E-state index >= 15 is 0 Å². The Kier molecular flexibility index (Phi) is 5.33. The summed E-state index contributed by atoms with van der Waals surface area (Å²) in [5.41, 5.74) is 1.30. The Labute approximate surface area is 154 Å². The maximum absolute atomic E-state index is 12.6. The summed E-state index contributed by atoms with van der Waals surface area (Å²) in [6.45, 7) is 2.64. The Morgan fingerprint density at radius 2 is 2.04 bits per heavy atom. The van der Waals surface area contributed by atoms with Crippen molar-refractivity contribution in [2.24, 2.45) is 4.99 Å². The number of carbonyl (C=O) groups is 1. The van der Waals surface area contributed by atoms with Crippen LogP contribution in [0.5, 0.6) is 0 Å². The van der Waals surface area contributed by atoms with Gasteiger partial charge in [0.2, 0.25) is 0 Å². The molecule has 7 heteroatoms. The highest BCUT2D eigenvalue weighted by molar-refractivity contribution is 8.14. The largest absolute Gasteiger partial charge is 0.327 e. The van der Waals surface area contributed by atoms with Crippen LogP contribution in [0.15, 0.2) is 53.5 Å². The van der Waals surface area contributed by atoms with Crippen LogP contribution in [0.2, 0.25) is 10.0 Å². The van der Waals surface area contributed by atoms with Gasteiger partial charge in [0.15, 0.2) is 5.17 Å². The average molecular weight is 380 g/mol. The molecule has 4 nitrogen and oxygen atoms in total. The summed E-state index contributed by atoms with van der Waals surface area (Å²) in [7, 11) is 0. The lowest BCUT2D eigenvalue weighted by atomic mass is 10.3. The highest BCUT2D eigenvalue weighted by atomic mass is 35.5. The number of halogens is 2. The van der Waals surface area contributed by atoms with Crippen molar-refractivity contribution in [3.63, 3.8) is 0 Å². The quantitative estimate of drug-likeness (QED) is 0.732. The van der Waals surface area contributed by atoms with Gasteiger partial charge < -0.3 is 5.32 Å². The second-order valence-corrected chi connectivity index (χ2v) is 7.57. The number of amidine groups is 1. The second-order valence-electron chi connectivity index (χ2n) is 5.33. The number of carbonyl (C=O) groups excluding carboxylic acids is 1. The molecule has 1 heterocycles. The maximum atomic E-state index is 12.6. The first-order valence-electron chi connectivity index (χ1n) is 7.37. The summed E-state index contributed by atoms with van der Waals surface area (Å²) >= 11 is 13.7. The van der Waals surface area contributed by atoms with Crippen LogP contribution in [0.25, 0.3) is 0 Å². The number of nitrogens with one attached hydrogen (secondary N) is 1. The van der Waals surface area contributed by atoms with E-state index < -0.39 is 0 Å². The second kappa shape index (κ2) is 7.47. The number of anilines is 1. The molecule has 24 heavy (non-hydrogen) atoms. The highest BCUT2D eigenvalue weighted by Crippen LogP contribution is 2.31. The van der Waals surface area contributed by atoms with Gasteiger partial charge in [-0.2, -0.15) is 0 Å². The van der Waals surface area contributed by atoms with Gasteiger partial charge in [0, 0.05) is 22.5 Å². The van der Waals surface area contributed by atoms with Crippen LogP contribution in [-0.4, -0.2) is 27.9 Å². The van der Waals surface area contributed by atoms with Crippen LogP contribution in [0, 0.1) is 0 Å². The minimum Gasteiger partial charge on any atom is -0.307 e. The lowest BCUT2D eigenvalue weighted by Gasteiger charge is -2.17. The van der Waals surface area contributed by atoms with Gasteiger partial charge in [-0.15, -0.1) is 0 Å². The van der Waals surface area contributed by atoms with Crippen molar-refractivity contribution in [2.75, 3.05) is 11.9 Å². The zero-order valence-electron chi connectivity index (χ0n) is 12.9. The van der Waals surface area contributed by atoms with Crippen molar-refractivity contribution in [3.8, 4) is 0 Å². The average Bonchev–Trinajstić information content (AvgIpc) is 2.90. The Hall–Kier alpha value is -1.69. The van der Waals surface area contributed by atoms with E-state index in [4.69, 9.17) is 23.2 Å². The Bertz CT molecular complexity index is 797. The van der Waals surface area contributed by atoms with Crippen LogP contribution in [0.1, 0.15) is 6.92 Å². The summed E-state index contributed by atoms with van der Waals surface area (Å²) in [5, 5.41) is 4.87. The van der Waals surface area contributed by atoms with E-state index in [9.17, 15) is 4.79 Å². The Balaban J connectivity index is 1.82. The molecule has 2 amide bonds. The molecule has 1 saturated heterocycles. The molecule has 0 radical (unpaired) electrons. The van der Waals surface area contributed by atoms with Gasteiger partial charge in [0.25, 0.3) is 0 Å². The van der Waals surface area contributed by atoms with Crippen molar-refractivity contribution >= 4 is 57.5 Å². The molecule has 1 aliphatic rings. The van der Waals surface area contributed by atoms with E-state index in [1.165, 1.54) is 0 Å². The molecule has 1 N–H and O–H groups in total. The van der Waals surface area contributed by atoms with Crippen molar-refractivity contribution in [3.05, 3.63) is 58.6 Å². The Morgan fingerprint density at radius 1 is 1.25 bits per heavy atom. The molecule has 1 atom stereocenters. The first kappa shape index (κ1) is 17.1. The molecule has 2 aromatic rings. The number of hydrogen-bond donors (Lipinski definition) is 1. The minimum atomic E-state index is -0.236. The molecule has 0 spiro atoms. The smallest absolute Gasteiger partial charge is 0.307 e. The number of benzene rings is 2. The third kappa shape index (κ3) is 4.04. The van der Waals surface area contributed by atoms with Gasteiger partial charge in [-0.05, 0) is 30.3 Å². The van der Waals surface area contributed by atoms with Gasteiger partial charge in [-0.25, -0.2) is 9.79 Å². The third-order valence-corrected chi connectivity index (χ3v) is 5.00. The number of para-hydroxylation sites is 1. The Morgan fingerprint density at radius 3 is 2.79 bits per heavy atom. The van der Waals surface area contributed by atoms with Crippen molar-refractivity contribution in [1.82, 2.24) is 4.90 Å². The summed E-state index contributed by atoms with van der Waals surface area (Å²) in [4.78, 5) is 18.8. The van der Waals surface area contributed by atoms with Gasteiger partial charge in [0.1, 0.15) is 0 Å². The zero-order chi connectivity index (χ0) is 17.1. The molecule has 2 aromatic carbocycles. The molecule has 0 aliphatic carbocycles. The lowest BCUT2D eigenvalue weighted by Crippen LogP contribution is -2.36. The first-order valence-corrected chi connectivity index (χ1v) is 9.00. The van der Waals surface area contributed by atoms with Crippen molar-refractivity contribution < 1.29 is 4.79 Å². The van der Waals surface area contributed by atoms with E-state index in [1.54, 1.807) is 47.0 Å². The highest BCUT2D eigenvalue weighted by Gasteiger charge is 2.31. The number of urea groups is 1. The van der Waals surface area contributed by atoms with Crippen LogP contribution in [-0.2, 0) is 0 Å². The first-order chi connectivity index (χ1) is 11.5.